The first-order valence-electron chi connectivity index (χ1n) is 13.6. The summed E-state index contributed by atoms with van der Waals surface area (Å²) in [6.45, 7) is 5.75. The van der Waals surface area contributed by atoms with Crippen LogP contribution < -0.4 is 4.90 Å². The van der Waals surface area contributed by atoms with Crippen LogP contribution in [0, 0.1) is 11.8 Å². The van der Waals surface area contributed by atoms with Gasteiger partial charge < -0.3 is 9.84 Å². The van der Waals surface area contributed by atoms with Gasteiger partial charge in [-0.1, -0.05) is 37.3 Å². The number of thiophene rings is 1. The second kappa shape index (κ2) is 11.4. The normalized spacial score (nSPS) is 26.0. The largest absolute Gasteiger partial charge is 0.478 e. The van der Waals surface area contributed by atoms with Crippen LogP contribution in [-0.2, 0) is 9.53 Å². The van der Waals surface area contributed by atoms with Crippen LogP contribution in [0.25, 0.3) is 10.4 Å². The number of carboxylic acid groups (broad SMARTS) is 1. The van der Waals surface area contributed by atoms with Gasteiger partial charge >= 0.3 is 5.97 Å². The number of ether oxygens (including phenoxy) is 1. The number of likely N-dealkylation sites (tertiary alicyclic amines) is 1. The van der Waals surface area contributed by atoms with Crippen molar-refractivity contribution in [1.82, 2.24) is 4.90 Å². The van der Waals surface area contributed by atoms with E-state index in [1.165, 1.54) is 17.8 Å². The van der Waals surface area contributed by atoms with Crippen molar-refractivity contribution in [3.63, 3.8) is 0 Å². The first-order chi connectivity index (χ1) is 17.5. The van der Waals surface area contributed by atoms with Gasteiger partial charge in [-0.25, -0.2) is 4.79 Å². The Balaban J connectivity index is 1.44. The maximum atomic E-state index is 14.1. The number of benzene rings is 1. The molecule has 1 aromatic heterocycles. The van der Waals surface area contributed by atoms with Crippen LogP contribution in [0.3, 0.4) is 0 Å². The van der Waals surface area contributed by atoms with Crippen molar-refractivity contribution < 1.29 is 19.4 Å². The van der Waals surface area contributed by atoms with Crippen LogP contribution >= 0.6 is 11.3 Å². The van der Waals surface area contributed by atoms with Gasteiger partial charge in [0.15, 0.2) is 0 Å². The molecule has 0 spiro atoms. The molecule has 1 N–H and O–H groups in total. The van der Waals surface area contributed by atoms with Crippen molar-refractivity contribution in [1.29, 1.82) is 0 Å². The molecule has 1 unspecified atom stereocenters. The molecule has 3 aliphatic rings. The summed E-state index contributed by atoms with van der Waals surface area (Å²) in [7, 11) is 0. The lowest BCUT2D eigenvalue weighted by Gasteiger charge is -2.43. The fourth-order valence-corrected chi connectivity index (χ4v) is 7.36. The van der Waals surface area contributed by atoms with Crippen LogP contribution in [0.2, 0.25) is 0 Å². The summed E-state index contributed by atoms with van der Waals surface area (Å²) in [5.74, 6) is -0.194. The lowest BCUT2D eigenvalue weighted by molar-refractivity contribution is -0.124. The van der Waals surface area contributed by atoms with E-state index in [0.29, 0.717) is 17.0 Å². The molecule has 1 aromatic carbocycles. The molecule has 7 heteroatoms. The van der Waals surface area contributed by atoms with E-state index < -0.39 is 5.97 Å². The van der Waals surface area contributed by atoms with Crippen LogP contribution in [0.5, 0.6) is 0 Å². The van der Waals surface area contributed by atoms with E-state index in [1.807, 2.05) is 35.2 Å². The van der Waals surface area contributed by atoms with E-state index in [9.17, 15) is 14.7 Å². The maximum Gasteiger partial charge on any atom is 0.338 e. The lowest BCUT2D eigenvalue weighted by atomic mass is 9.82. The molecule has 1 aliphatic carbocycles. The zero-order chi connectivity index (χ0) is 25.1. The maximum absolute atomic E-state index is 14.1. The molecule has 0 bridgehead atoms. The standard InChI is InChI=1S/C29H38N2O4S/c1-20-9-11-22(12-10-20)27(32)31(23-13-15-30(16-14-23)24-8-5-17-35-19-24)28-25(29(33)34)18-26(36-28)21-6-3-2-4-7-21/h2-4,6-7,18,20,22-24H,5,8-17,19H2,1H3,(H,33,34). The number of nitrogens with zero attached hydrogens (tertiary/aromatic N) is 2. The fraction of sp³-hybridized carbons (Fsp3) is 0.586. The third kappa shape index (κ3) is 5.53. The number of carbonyl (C=O) groups is 2. The smallest absolute Gasteiger partial charge is 0.338 e. The van der Waals surface area contributed by atoms with E-state index in [4.69, 9.17) is 4.74 Å². The van der Waals surface area contributed by atoms with Gasteiger partial charge in [-0.05, 0) is 68.9 Å². The Kier molecular flexibility index (Phi) is 8.09. The molecule has 1 atom stereocenters. The van der Waals surface area contributed by atoms with Crippen molar-refractivity contribution in [3.8, 4) is 10.4 Å². The number of piperidine rings is 1. The number of amides is 1. The van der Waals surface area contributed by atoms with Crippen molar-refractivity contribution in [2.75, 3.05) is 31.2 Å². The van der Waals surface area contributed by atoms with Gasteiger partial charge in [0, 0.05) is 42.6 Å². The number of rotatable bonds is 6. The van der Waals surface area contributed by atoms with Crippen molar-refractivity contribution in [2.24, 2.45) is 11.8 Å². The lowest BCUT2D eigenvalue weighted by Crippen LogP contribution is -2.53. The molecule has 36 heavy (non-hydrogen) atoms. The highest BCUT2D eigenvalue weighted by Crippen LogP contribution is 2.42. The third-order valence-electron chi connectivity index (χ3n) is 8.34. The molecule has 3 heterocycles. The summed E-state index contributed by atoms with van der Waals surface area (Å²) < 4.78 is 5.72. The predicted molar refractivity (Wildman–Crippen MR) is 144 cm³/mol. The molecule has 0 radical (unpaired) electrons. The van der Waals surface area contributed by atoms with E-state index in [1.54, 1.807) is 6.07 Å². The molecule has 3 fully saturated rings. The first-order valence-corrected chi connectivity index (χ1v) is 14.4. The quantitative estimate of drug-likeness (QED) is 0.523. The minimum absolute atomic E-state index is 0.0186. The van der Waals surface area contributed by atoms with Gasteiger partial charge in [-0.15, -0.1) is 11.3 Å². The molecule has 5 rings (SSSR count). The van der Waals surface area contributed by atoms with Crippen molar-refractivity contribution in [3.05, 3.63) is 42.0 Å². The molecular weight excluding hydrogens is 472 g/mol. The zero-order valence-electron chi connectivity index (χ0n) is 21.2. The molecule has 2 aromatic rings. The molecule has 6 nitrogen and oxygen atoms in total. The summed E-state index contributed by atoms with van der Waals surface area (Å²) >= 11 is 1.46. The number of anilines is 1. The average molecular weight is 511 g/mol. The van der Waals surface area contributed by atoms with Gasteiger partial charge in [-0.3, -0.25) is 14.6 Å². The summed E-state index contributed by atoms with van der Waals surface area (Å²) in [5, 5.41) is 10.8. The highest BCUT2D eigenvalue weighted by atomic mass is 32.1. The minimum atomic E-state index is -0.963. The van der Waals surface area contributed by atoms with Crippen molar-refractivity contribution >= 4 is 28.2 Å². The highest BCUT2D eigenvalue weighted by Gasteiger charge is 2.38. The zero-order valence-corrected chi connectivity index (χ0v) is 22.0. The minimum Gasteiger partial charge on any atom is -0.478 e. The Morgan fingerprint density at radius 1 is 1.03 bits per heavy atom. The Morgan fingerprint density at radius 3 is 2.39 bits per heavy atom. The van der Waals surface area contributed by atoms with Crippen LogP contribution in [0.4, 0.5) is 5.00 Å². The summed E-state index contributed by atoms with van der Waals surface area (Å²) in [6, 6.07) is 12.1. The highest BCUT2D eigenvalue weighted by molar-refractivity contribution is 7.20. The predicted octanol–water partition coefficient (Wildman–Crippen LogP) is 5.92. The number of aromatic carboxylic acids is 1. The van der Waals surface area contributed by atoms with Crippen LogP contribution in [0.15, 0.2) is 36.4 Å². The van der Waals surface area contributed by atoms with Crippen LogP contribution in [-0.4, -0.2) is 60.3 Å². The summed E-state index contributed by atoms with van der Waals surface area (Å²) in [5.41, 5.74) is 1.24. The summed E-state index contributed by atoms with van der Waals surface area (Å²) in [6.07, 6.45) is 7.93. The molecular formula is C29H38N2O4S. The molecule has 2 saturated heterocycles. The van der Waals surface area contributed by atoms with Gasteiger partial charge in [0.05, 0.1) is 12.2 Å². The van der Waals surface area contributed by atoms with E-state index in [0.717, 1.165) is 81.7 Å². The molecule has 2 aliphatic heterocycles. The van der Waals surface area contributed by atoms with E-state index >= 15 is 0 Å². The van der Waals surface area contributed by atoms with Crippen molar-refractivity contribution in [2.45, 2.75) is 70.4 Å². The second-order valence-electron chi connectivity index (χ2n) is 10.8. The summed E-state index contributed by atoms with van der Waals surface area (Å²) in [4.78, 5) is 31.9. The SMILES string of the molecule is CC1CCC(C(=O)N(c2sc(-c3ccccc3)cc2C(=O)O)C2CCN(C3CCCOC3)CC2)CC1. The van der Waals surface area contributed by atoms with Gasteiger partial charge in [-0.2, -0.15) is 0 Å². The number of carboxylic acids is 1. The fourth-order valence-electron chi connectivity index (χ4n) is 6.13. The third-order valence-corrected chi connectivity index (χ3v) is 9.52. The Morgan fingerprint density at radius 2 is 1.75 bits per heavy atom. The van der Waals surface area contributed by atoms with E-state index in [2.05, 4.69) is 11.8 Å². The van der Waals surface area contributed by atoms with Gasteiger partial charge in [0.25, 0.3) is 0 Å². The van der Waals surface area contributed by atoms with Gasteiger partial charge in [0.2, 0.25) is 5.91 Å². The first kappa shape index (κ1) is 25.4. The Hall–Kier alpha value is -2.22. The Labute approximate surface area is 218 Å². The second-order valence-corrected chi connectivity index (χ2v) is 11.8. The average Bonchev–Trinajstić information content (AvgIpc) is 3.36. The monoisotopic (exact) mass is 510 g/mol. The van der Waals surface area contributed by atoms with E-state index in [-0.39, 0.29) is 23.4 Å². The molecule has 1 amide bonds. The van der Waals surface area contributed by atoms with Crippen LogP contribution in [0.1, 0.15) is 68.6 Å². The number of hydrogen-bond acceptors (Lipinski definition) is 5. The molecule has 1 saturated carbocycles. The number of carbonyl (C=O) groups excluding carboxylic acids is 1. The Bertz CT molecular complexity index is 1030. The number of hydrogen-bond donors (Lipinski definition) is 1. The topological polar surface area (TPSA) is 70.1 Å². The van der Waals surface area contributed by atoms with Gasteiger partial charge in [0.1, 0.15) is 5.00 Å². The molecule has 194 valence electrons.